The van der Waals surface area contributed by atoms with Gasteiger partial charge in [-0.3, -0.25) is 14.5 Å². The Morgan fingerprint density at radius 2 is 1.70 bits per heavy atom. The molecule has 0 spiro atoms. The topological polar surface area (TPSA) is 128 Å². The van der Waals surface area contributed by atoms with Crippen LogP contribution < -0.4 is 11.1 Å². The number of hydrogen-bond acceptors (Lipinski definition) is 8. The summed E-state index contributed by atoms with van der Waals surface area (Å²) in [6.07, 6.45) is 1.29. The molecule has 174 valence electrons. The van der Waals surface area contributed by atoms with Crippen molar-refractivity contribution in [1.29, 1.82) is 0 Å². The van der Waals surface area contributed by atoms with Crippen LogP contribution in [0.15, 0.2) is 42.5 Å². The molecular formula is C24H27N3O6. The number of rotatable bonds is 8. The number of carbonyl (C=O) groups is 4. The first kappa shape index (κ1) is 23.9. The number of imide groups is 1. The molecule has 3 rings (SSSR count). The van der Waals surface area contributed by atoms with Gasteiger partial charge in [0.05, 0.1) is 19.8 Å². The number of methoxy groups -OCH3 is 2. The van der Waals surface area contributed by atoms with Gasteiger partial charge in [0.1, 0.15) is 6.04 Å². The number of carbonyl (C=O) groups excluding carboxylic acids is 4. The molecule has 9 heteroatoms. The minimum absolute atomic E-state index is 0.0655. The summed E-state index contributed by atoms with van der Waals surface area (Å²) in [5.41, 5.74) is 8.00. The molecule has 9 nitrogen and oxygen atoms in total. The van der Waals surface area contributed by atoms with Crippen molar-refractivity contribution in [3.8, 4) is 0 Å². The van der Waals surface area contributed by atoms with Gasteiger partial charge in [-0.05, 0) is 67.8 Å². The molecular weight excluding hydrogens is 426 g/mol. The number of amides is 2. The van der Waals surface area contributed by atoms with Gasteiger partial charge >= 0.3 is 11.9 Å². The Bertz CT molecular complexity index is 1070. The predicted octanol–water partition coefficient (Wildman–Crippen LogP) is 2.00. The fourth-order valence-electron chi connectivity index (χ4n) is 3.79. The molecule has 1 aliphatic heterocycles. The number of benzene rings is 2. The van der Waals surface area contributed by atoms with Gasteiger partial charge < -0.3 is 20.5 Å². The van der Waals surface area contributed by atoms with Crippen LogP contribution in [-0.4, -0.2) is 62.0 Å². The summed E-state index contributed by atoms with van der Waals surface area (Å²) in [5, 5.41) is 3.22. The molecule has 1 heterocycles. The highest BCUT2D eigenvalue weighted by Crippen LogP contribution is 2.25. The molecule has 0 fully saturated rings. The van der Waals surface area contributed by atoms with Crippen molar-refractivity contribution in [2.75, 3.05) is 32.6 Å². The van der Waals surface area contributed by atoms with Crippen molar-refractivity contribution in [1.82, 2.24) is 4.90 Å². The Morgan fingerprint density at radius 3 is 2.36 bits per heavy atom. The van der Waals surface area contributed by atoms with Crippen LogP contribution >= 0.6 is 0 Å². The minimum atomic E-state index is -1.17. The van der Waals surface area contributed by atoms with Gasteiger partial charge in [0.15, 0.2) is 0 Å². The summed E-state index contributed by atoms with van der Waals surface area (Å²) in [5.74, 6) is -2.71. The summed E-state index contributed by atoms with van der Waals surface area (Å²) in [6.45, 7) is 1.03. The number of nitrogens with two attached hydrogens (primary N) is 1. The number of nitrogens with one attached hydrogen (secondary N) is 1. The highest BCUT2D eigenvalue weighted by molar-refractivity contribution is 6.13. The Labute approximate surface area is 191 Å². The van der Waals surface area contributed by atoms with Crippen molar-refractivity contribution in [2.24, 2.45) is 5.73 Å². The van der Waals surface area contributed by atoms with Gasteiger partial charge in [-0.2, -0.15) is 0 Å². The van der Waals surface area contributed by atoms with E-state index in [1.807, 2.05) is 0 Å². The molecule has 0 aliphatic carbocycles. The summed E-state index contributed by atoms with van der Waals surface area (Å²) in [6, 6.07) is 9.75. The largest absolute Gasteiger partial charge is 0.467 e. The molecule has 0 aromatic heterocycles. The lowest BCUT2D eigenvalue weighted by molar-refractivity contribution is -0.145. The number of anilines is 1. The van der Waals surface area contributed by atoms with E-state index in [1.54, 1.807) is 18.2 Å². The van der Waals surface area contributed by atoms with E-state index in [1.165, 1.54) is 38.5 Å². The van der Waals surface area contributed by atoms with E-state index in [-0.39, 0.29) is 29.7 Å². The van der Waals surface area contributed by atoms with Gasteiger partial charge in [-0.1, -0.05) is 6.07 Å². The monoisotopic (exact) mass is 453 g/mol. The second-order valence-electron chi connectivity index (χ2n) is 7.57. The first-order chi connectivity index (χ1) is 15.9. The van der Waals surface area contributed by atoms with Gasteiger partial charge in [-0.25, -0.2) is 9.59 Å². The molecule has 1 atom stereocenters. The molecule has 2 aromatic rings. The SMILES string of the molecule is COC(=O)c1cccc(C(=O)N(C(=O)c2ccc3c(c2)CCN3)[C@@H](CCCN)C(=O)OC)c1. The Hall–Kier alpha value is -3.72. The van der Waals surface area contributed by atoms with Crippen LogP contribution in [0.2, 0.25) is 0 Å². The van der Waals surface area contributed by atoms with Crippen LogP contribution in [0, 0.1) is 0 Å². The zero-order chi connectivity index (χ0) is 24.0. The number of ether oxygens (including phenoxy) is 2. The van der Waals surface area contributed by atoms with E-state index in [0.29, 0.717) is 6.42 Å². The van der Waals surface area contributed by atoms with Gasteiger partial charge in [-0.15, -0.1) is 0 Å². The summed E-state index contributed by atoms with van der Waals surface area (Å²) < 4.78 is 9.63. The second-order valence-corrected chi connectivity index (χ2v) is 7.57. The average molecular weight is 453 g/mol. The van der Waals surface area contributed by atoms with Crippen molar-refractivity contribution in [3.63, 3.8) is 0 Å². The van der Waals surface area contributed by atoms with E-state index < -0.39 is 29.8 Å². The minimum Gasteiger partial charge on any atom is -0.467 e. The van der Waals surface area contributed by atoms with E-state index >= 15 is 0 Å². The number of fused-ring (bicyclic) bond motifs is 1. The highest BCUT2D eigenvalue weighted by atomic mass is 16.5. The summed E-state index contributed by atoms with van der Waals surface area (Å²) in [4.78, 5) is 52.7. The lowest BCUT2D eigenvalue weighted by Gasteiger charge is -2.28. The van der Waals surface area contributed by atoms with Crippen molar-refractivity contribution < 1.29 is 28.7 Å². The fourth-order valence-corrected chi connectivity index (χ4v) is 3.79. The van der Waals surface area contributed by atoms with Crippen molar-refractivity contribution >= 4 is 29.4 Å². The van der Waals surface area contributed by atoms with Gasteiger partial charge in [0.25, 0.3) is 11.8 Å². The Kier molecular flexibility index (Phi) is 7.78. The lowest BCUT2D eigenvalue weighted by Crippen LogP contribution is -2.49. The summed E-state index contributed by atoms with van der Waals surface area (Å²) >= 11 is 0. The lowest BCUT2D eigenvalue weighted by atomic mass is 10.0. The van der Waals surface area contributed by atoms with Crippen LogP contribution in [0.4, 0.5) is 5.69 Å². The average Bonchev–Trinajstić information content (AvgIpc) is 3.33. The van der Waals surface area contributed by atoms with Crippen LogP contribution in [0.25, 0.3) is 0 Å². The normalized spacial score (nSPS) is 12.8. The molecule has 3 N–H and O–H groups in total. The third kappa shape index (κ3) is 5.20. The summed E-state index contributed by atoms with van der Waals surface area (Å²) in [7, 11) is 2.43. The maximum atomic E-state index is 13.6. The smallest absolute Gasteiger partial charge is 0.337 e. The van der Waals surface area contributed by atoms with Gasteiger partial charge in [0.2, 0.25) is 0 Å². The predicted molar refractivity (Wildman–Crippen MR) is 121 cm³/mol. The maximum Gasteiger partial charge on any atom is 0.337 e. The van der Waals surface area contributed by atoms with E-state index in [9.17, 15) is 19.2 Å². The molecule has 33 heavy (non-hydrogen) atoms. The Morgan fingerprint density at radius 1 is 1.00 bits per heavy atom. The first-order valence-electron chi connectivity index (χ1n) is 10.6. The quantitative estimate of drug-likeness (QED) is 0.459. The number of esters is 2. The van der Waals surface area contributed by atoms with Crippen LogP contribution in [0.1, 0.15) is 49.5 Å². The van der Waals surface area contributed by atoms with Crippen molar-refractivity contribution in [2.45, 2.75) is 25.3 Å². The fraction of sp³-hybridized carbons (Fsp3) is 0.333. The van der Waals surface area contributed by atoms with Crippen LogP contribution in [0.5, 0.6) is 0 Å². The molecule has 2 aromatic carbocycles. The number of nitrogens with zero attached hydrogens (tertiary/aromatic N) is 1. The molecule has 0 radical (unpaired) electrons. The molecule has 0 saturated heterocycles. The second kappa shape index (κ2) is 10.7. The first-order valence-corrected chi connectivity index (χ1v) is 10.6. The maximum absolute atomic E-state index is 13.6. The highest BCUT2D eigenvalue weighted by Gasteiger charge is 2.37. The van der Waals surface area contributed by atoms with E-state index in [4.69, 9.17) is 15.2 Å². The third-order valence-corrected chi connectivity index (χ3v) is 5.50. The van der Waals surface area contributed by atoms with Crippen LogP contribution in [0.3, 0.4) is 0 Å². The molecule has 0 saturated carbocycles. The molecule has 0 unspecified atom stereocenters. The van der Waals surface area contributed by atoms with E-state index in [0.717, 1.165) is 29.1 Å². The third-order valence-electron chi connectivity index (χ3n) is 5.50. The zero-order valence-corrected chi connectivity index (χ0v) is 18.6. The molecule has 0 bridgehead atoms. The molecule has 1 aliphatic rings. The van der Waals surface area contributed by atoms with Crippen molar-refractivity contribution in [3.05, 3.63) is 64.7 Å². The number of hydrogen-bond donors (Lipinski definition) is 2. The molecule has 2 amide bonds. The van der Waals surface area contributed by atoms with Gasteiger partial charge in [0, 0.05) is 23.4 Å². The van der Waals surface area contributed by atoms with E-state index in [2.05, 4.69) is 5.32 Å². The Balaban J connectivity index is 2.06. The van der Waals surface area contributed by atoms with Crippen LogP contribution in [-0.2, 0) is 20.7 Å². The standard InChI is InChI=1S/C24H27N3O6/c1-32-23(30)18-6-3-5-16(14-18)21(28)27(20(7-4-11-25)24(31)33-2)22(29)17-8-9-19-15(13-17)10-12-26-19/h3,5-6,8-9,13-14,20,26H,4,7,10-12,25H2,1-2H3/t20-/m0/s1. The zero-order valence-electron chi connectivity index (χ0n) is 18.6.